The van der Waals surface area contributed by atoms with E-state index in [-0.39, 0.29) is 6.04 Å². The molecule has 0 amide bonds. The first-order valence-corrected chi connectivity index (χ1v) is 5.11. The summed E-state index contributed by atoms with van der Waals surface area (Å²) in [6.07, 6.45) is 0. The molecule has 2 N–H and O–H groups in total. The molecular formula is C7H13BrN2O2. The van der Waals surface area contributed by atoms with Crippen LogP contribution in [0.5, 0.6) is 0 Å². The molecule has 0 bridgehead atoms. The van der Waals surface area contributed by atoms with Crippen molar-refractivity contribution in [1.82, 2.24) is 10.2 Å². The molecule has 1 saturated heterocycles. The van der Waals surface area contributed by atoms with E-state index in [0.717, 1.165) is 26.2 Å². The van der Waals surface area contributed by atoms with Gasteiger partial charge >= 0.3 is 5.97 Å². The van der Waals surface area contributed by atoms with Crippen molar-refractivity contribution >= 4 is 21.9 Å². The highest BCUT2D eigenvalue weighted by atomic mass is 79.9. The van der Waals surface area contributed by atoms with Gasteiger partial charge in [-0.1, -0.05) is 15.9 Å². The molecule has 0 spiro atoms. The van der Waals surface area contributed by atoms with Crippen molar-refractivity contribution in [2.75, 3.05) is 31.5 Å². The van der Waals surface area contributed by atoms with E-state index in [2.05, 4.69) is 21.2 Å². The van der Waals surface area contributed by atoms with E-state index in [9.17, 15) is 4.79 Å². The lowest BCUT2D eigenvalue weighted by Gasteiger charge is -2.31. The van der Waals surface area contributed by atoms with Gasteiger partial charge in [0.15, 0.2) is 0 Å². The highest BCUT2D eigenvalue weighted by molar-refractivity contribution is 9.09. The van der Waals surface area contributed by atoms with Crippen LogP contribution >= 0.6 is 15.9 Å². The summed E-state index contributed by atoms with van der Waals surface area (Å²) in [5.74, 6) is -0.742. The van der Waals surface area contributed by atoms with Crippen molar-refractivity contribution in [1.29, 1.82) is 0 Å². The third-order valence-corrected chi connectivity index (χ3v) is 2.64. The standard InChI is InChI=1S/C7H13BrN2O2/c8-5-6(7(11)12)10-3-1-9-2-4-10/h6,9H,1-5H2,(H,11,12). The molecule has 0 aromatic rings. The number of hydrogen-bond acceptors (Lipinski definition) is 3. The maximum atomic E-state index is 10.7. The van der Waals surface area contributed by atoms with Crippen molar-refractivity contribution in [2.24, 2.45) is 0 Å². The Hall–Kier alpha value is -0.130. The van der Waals surface area contributed by atoms with Crippen LogP contribution in [0.15, 0.2) is 0 Å². The molecule has 1 rings (SSSR count). The minimum Gasteiger partial charge on any atom is -0.480 e. The Balaban J connectivity index is 2.46. The molecule has 0 radical (unpaired) electrons. The topological polar surface area (TPSA) is 52.6 Å². The van der Waals surface area contributed by atoms with E-state index in [1.54, 1.807) is 0 Å². The molecule has 0 aliphatic carbocycles. The Bertz CT molecular complexity index is 159. The van der Waals surface area contributed by atoms with Gasteiger partial charge in [-0.15, -0.1) is 0 Å². The lowest BCUT2D eigenvalue weighted by atomic mass is 10.2. The Morgan fingerprint density at radius 1 is 1.58 bits per heavy atom. The van der Waals surface area contributed by atoms with Gasteiger partial charge in [0.1, 0.15) is 6.04 Å². The Morgan fingerprint density at radius 2 is 2.17 bits per heavy atom. The molecule has 4 nitrogen and oxygen atoms in total. The van der Waals surface area contributed by atoms with E-state index in [1.807, 2.05) is 4.90 Å². The molecular weight excluding hydrogens is 224 g/mol. The summed E-state index contributed by atoms with van der Waals surface area (Å²) in [4.78, 5) is 12.7. The number of carboxylic acid groups (broad SMARTS) is 1. The number of piperazine rings is 1. The maximum Gasteiger partial charge on any atom is 0.321 e. The minimum atomic E-state index is -0.742. The predicted octanol–water partition coefficient (Wildman–Crippen LogP) is -0.260. The zero-order valence-corrected chi connectivity index (χ0v) is 8.38. The second-order valence-electron chi connectivity index (χ2n) is 2.79. The normalized spacial score (nSPS) is 22.1. The second kappa shape index (κ2) is 4.79. The van der Waals surface area contributed by atoms with E-state index in [4.69, 9.17) is 5.11 Å². The molecule has 12 heavy (non-hydrogen) atoms. The average molecular weight is 237 g/mol. The molecule has 0 aromatic carbocycles. The molecule has 5 heteroatoms. The van der Waals surface area contributed by atoms with E-state index in [0.29, 0.717) is 5.33 Å². The van der Waals surface area contributed by atoms with Crippen LogP contribution in [0.3, 0.4) is 0 Å². The number of carbonyl (C=O) groups is 1. The monoisotopic (exact) mass is 236 g/mol. The first-order chi connectivity index (χ1) is 5.75. The molecule has 70 valence electrons. The van der Waals surface area contributed by atoms with Crippen LogP contribution in [0.1, 0.15) is 0 Å². The molecule has 1 aliphatic rings. The zero-order valence-electron chi connectivity index (χ0n) is 6.79. The van der Waals surface area contributed by atoms with Crippen LogP contribution in [0.2, 0.25) is 0 Å². The summed E-state index contributed by atoms with van der Waals surface area (Å²) < 4.78 is 0. The molecule has 1 fully saturated rings. The predicted molar refractivity (Wildman–Crippen MR) is 49.7 cm³/mol. The first-order valence-electron chi connectivity index (χ1n) is 3.99. The summed E-state index contributed by atoms with van der Waals surface area (Å²) in [6, 6.07) is -0.368. The summed E-state index contributed by atoms with van der Waals surface area (Å²) in [7, 11) is 0. The number of hydrogen-bond donors (Lipinski definition) is 2. The number of alkyl halides is 1. The lowest BCUT2D eigenvalue weighted by molar-refractivity contribution is -0.142. The highest BCUT2D eigenvalue weighted by Gasteiger charge is 2.25. The fourth-order valence-electron chi connectivity index (χ4n) is 1.31. The second-order valence-corrected chi connectivity index (χ2v) is 3.44. The molecule has 1 heterocycles. The van der Waals surface area contributed by atoms with Crippen molar-refractivity contribution in [3.8, 4) is 0 Å². The molecule has 1 unspecified atom stereocenters. The number of nitrogens with zero attached hydrogens (tertiary/aromatic N) is 1. The van der Waals surface area contributed by atoms with Crippen LogP contribution in [0.4, 0.5) is 0 Å². The van der Waals surface area contributed by atoms with Gasteiger partial charge < -0.3 is 10.4 Å². The lowest BCUT2D eigenvalue weighted by Crippen LogP contribution is -2.51. The quantitative estimate of drug-likeness (QED) is 0.664. The summed E-state index contributed by atoms with van der Waals surface area (Å²) in [6.45, 7) is 3.42. The van der Waals surface area contributed by atoms with E-state index in [1.165, 1.54) is 0 Å². The van der Waals surface area contributed by atoms with Crippen LogP contribution in [0, 0.1) is 0 Å². The largest absolute Gasteiger partial charge is 0.480 e. The molecule has 1 atom stereocenters. The van der Waals surface area contributed by atoms with Crippen molar-refractivity contribution in [2.45, 2.75) is 6.04 Å². The van der Waals surface area contributed by atoms with Gasteiger partial charge in [-0.05, 0) is 0 Å². The number of rotatable bonds is 3. The third-order valence-electron chi connectivity index (χ3n) is 2.02. The summed E-state index contributed by atoms with van der Waals surface area (Å²) in [5.41, 5.74) is 0. The minimum absolute atomic E-state index is 0.368. The Kier molecular flexibility index (Phi) is 3.97. The third kappa shape index (κ3) is 2.43. The number of carboxylic acids is 1. The zero-order chi connectivity index (χ0) is 8.97. The Morgan fingerprint density at radius 3 is 2.58 bits per heavy atom. The number of aliphatic carboxylic acids is 1. The fourth-order valence-corrected chi connectivity index (χ4v) is 2.00. The van der Waals surface area contributed by atoms with Gasteiger partial charge in [0.05, 0.1) is 0 Å². The highest BCUT2D eigenvalue weighted by Crippen LogP contribution is 2.04. The van der Waals surface area contributed by atoms with Crippen molar-refractivity contribution in [3.63, 3.8) is 0 Å². The first kappa shape index (κ1) is 9.95. The van der Waals surface area contributed by atoms with E-state index >= 15 is 0 Å². The van der Waals surface area contributed by atoms with Crippen LogP contribution in [0.25, 0.3) is 0 Å². The SMILES string of the molecule is O=C(O)C(CBr)N1CCNCC1. The van der Waals surface area contributed by atoms with Crippen LogP contribution in [-0.4, -0.2) is 53.5 Å². The smallest absolute Gasteiger partial charge is 0.321 e. The molecule has 0 saturated carbocycles. The van der Waals surface area contributed by atoms with Gasteiger partial charge in [0, 0.05) is 31.5 Å². The van der Waals surface area contributed by atoms with Crippen molar-refractivity contribution < 1.29 is 9.90 Å². The Labute approximate surface area is 80.1 Å². The average Bonchev–Trinajstić information content (AvgIpc) is 2.07. The van der Waals surface area contributed by atoms with Gasteiger partial charge in [-0.3, -0.25) is 9.69 Å². The van der Waals surface area contributed by atoms with Gasteiger partial charge in [-0.2, -0.15) is 0 Å². The molecule has 0 aromatic heterocycles. The fraction of sp³-hybridized carbons (Fsp3) is 0.857. The summed E-state index contributed by atoms with van der Waals surface area (Å²) >= 11 is 3.21. The summed E-state index contributed by atoms with van der Waals surface area (Å²) in [5, 5.41) is 12.5. The van der Waals surface area contributed by atoms with Crippen molar-refractivity contribution in [3.05, 3.63) is 0 Å². The van der Waals surface area contributed by atoms with Gasteiger partial charge in [0.2, 0.25) is 0 Å². The maximum absolute atomic E-state index is 10.7. The number of halogens is 1. The van der Waals surface area contributed by atoms with E-state index < -0.39 is 5.97 Å². The van der Waals surface area contributed by atoms with Gasteiger partial charge in [0.25, 0.3) is 0 Å². The molecule has 1 aliphatic heterocycles. The van der Waals surface area contributed by atoms with Gasteiger partial charge in [-0.25, -0.2) is 0 Å². The van der Waals surface area contributed by atoms with Crippen LogP contribution in [-0.2, 0) is 4.79 Å². The number of nitrogens with one attached hydrogen (secondary N) is 1. The van der Waals surface area contributed by atoms with Crippen LogP contribution < -0.4 is 5.32 Å².